The first-order valence-corrected chi connectivity index (χ1v) is 15.6. The van der Waals surface area contributed by atoms with E-state index in [2.05, 4.69) is 56.9 Å². The van der Waals surface area contributed by atoms with Crippen molar-refractivity contribution in [3.8, 4) is 12.1 Å². The number of hydrogen-bond donors (Lipinski definition) is 2. The van der Waals surface area contributed by atoms with E-state index in [1.54, 1.807) is 17.6 Å². The number of ether oxygens (including phenoxy) is 1. The van der Waals surface area contributed by atoms with Crippen LogP contribution >= 0.6 is 11.3 Å². The van der Waals surface area contributed by atoms with Crippen molar-refractivity contribution in [1.82, 2.24) is 25.0 Å². The Balaban J connectivity index is 1.36. The molecule has 0 spiro atoms. The fourth-order valence-electron chi connectivity index (χ4n) is 6.17. The summed E-state index contributed by atoms with van der Waals surface area (Å²) in [4.78, 5) is 8.88. The first-order valence-electron chi connectivity index (χ1n) is 14.7. The summed E-state index contributed by atoms with van der Waals surface area (Å²) in [5.41, 5.74) is 3.25. The van der Waals surface area contributed by atoms with Gasteiger partial charge in [0.1, 0.15) is 17.8 Å². The molecule has 1 aliphatic heterocycles. The lowest BCUT2D eigenvalue weighted by molar-refractivity contribution is -0.182. The van der Waals surface area contributed by atoms with E-state index in [0.29, 0.717) is 41.1 Å². The predicted octanol–water partition coefficient (Wildman–Crippen LogP) is 6.66. The number of thiazole rings is 1. The molecule has 3 aromatic heterocycles. The van der Waals surface area contributed by atoms with E-state index in [1.165, 1.54) is 23.7 Å². The lowest BCUT2D eigenvalue weighted by Gasteiger charge is -2.39. The predicted molar refractivity (Wildman–Crippen MR) is 166 cm³/mol. The Bertz CT molecular complexity index is 2050. The number of halogens is 3. The molecule has 2 fully saturated rings. The van der Waals surface area contributed by atoms with Crippen LogP contribution in [0.5, 0.6) is 0 Å². The second kappa shape index (κ2) is 10.9. The molecule has 0 bridgehead atoms. The summed E-state index contributed by atoms with van der Waals surface area (Å²) in [5, 5.41) is 36.0. The van der Waals surface area contributed by atoms with Crippen LogP contribution in [0.25, 0.3) is 21.1 Å². The second-order valence-corrected chi connectivity index (χ2v) is 13.3. The molecule has 2 N–H and O–H groups in total. The summed E-state index contributed by atoms with van der Waals surface area (Å²) in [5.74, 6) is 0. The fraction of sp³-hybridized carbons (Fsp3) is 0.375. The van der Waals surface area contributed by atoms with Crippen LogP contribution in [-0.2, 0) is 10.3 Å². The van der Waals surface area contributed by atoms with Gasteiger partial charge >= 0.3 is 6.18 Å². The molecule has 1 aliphatic carbocycles. The van der Waals surface area contributed by atoms with Gasteiger partial charge in [-0.2, -0.15) is 23.7 Å². The minimum Gasteiger partial charge on any atom is -0.381 e. The van der Waals surface area contributed by atoms with Crippen molar-refractivity contribution in [1.29, 1.82) is 10.5 Å². The van der Waals surface area contributed by atoms with Gasteiger partial charge in [-0.3, -0.25) is 4.98 Å². The molecule has 234 valence electrons. The second-order valence-electron chi connectivity index (χ2n) is 12.5. The first kappa shape index (κ1) is 29.9. The van der Waals surface area contributed by atoms with Crippen molar-refractivity contribution in [3.05, 3.63) is 70.6 Å². The number of pyridine rings is 1. The topological polar surface area (TPSA) is 137 Å². The minimum atomic E-state index is -4.47. The van der Waals surface area contributed by atoms with Crippen molar-refractivity contribution in [2.75, 3.05) is 23.8 Å². The molecule has 10 nitrogen and oxygen atoms in total. The van der Waals surface area contributed by atoms with Crippen LogP contribution in [0.2, 0.25) is 0 Å². The Morgan fingerprint density at radius 3 is 2.65 bits per heavy atom. The molecule has 0 radical (unpaired) electrons. The molecule has 7 rings (SSSR count). The molecule has 0 amide bonds. The molecule has 1 saturated carbocycles. The highest BCUT2D eigenvalue weighted by atomic mass is 32.1. The van der Waals surface area contributed by atoms with Crippen LogP contribution in [0.15, 0.2) is 48.2 Å². The number of nitriles is 2. The van der Waals surface area contributed by atoms with Gasteiger partial charge in [0, 0.05) is 35.3 Å². The molecular weight excluding hydrogens is 615 g/mol. The molecule has 1 unspecified atom stereocenters. The Morgan fingerprint density at radius 1 is 1.13 bits per heavy atom. The van der Waals surface area contributed by atoms with Gasteiger partial charge in [0.2, 0.25) is 0 Å². The largest absolute Gasteiger partial charge is 0.413 e. The van der Waals surface area contributed by atoms with E-state index in [9.17, 15) is 23.7 Å². The maximum absolute atomic E-state index is 14.0. The van der Waals surface area contributed by atoms with E-state index in [1.807, 2.05) is 18.2 Å². The van der Waals surface area contributed by atoms with E-state index in [0.717, 1.165) is 26.9 Å². The van der Waals surface area contributed by atoms with Crippen molar-refractivity contribution in [2.45, 2.75) is 56.9 Å². The van der Waals surface area contributed by atoms with Crippen molar-refractivity contribution in [2.24, 2.45) is 5.41 Å². The Labute approximate surface area is 265 Å². The number of fused-ring (bicyclic) bond motifs is 2. The van der Waals surface area contributed by atoms with Crippen LogP contribution in [0, 0.1) is 28.1 Å². The summed E-state index contributed by atoms with van der Waals surface area (Å²) in [6.45, 7) is 5.31. The first-order chi connectivity index (χ1) is 22.0. The highest BCUT2D eigenvalue weighted by Gasteiger charge is 2.66. The average Bonchev–Trinajstić information content (AvgIpc) is 3.47. The van der Waals surface area contributed by atoms with Gasteiger partial charge in [-0.25, -0.2) is 9.67 Å². The van der Waals surface area contributed by atoms with Crippen LogP contribution in [0.1, 0.15) is 61.5 Å². The van der Waals surface area contributed by atoms with E-state index < -0.39 is 17.8 Å². The molecule has 2 aliphatic rings. The van der Waals surface area contributed by atoms with Crippen LogP contribution in [0.4, 0.5) is 24.5 Å². The zero-order valence-corrected chi connectivity index (χ0v) is 25.7. The molecule has 14 heteroatoms. The number of alkyl halides is 3. The molecule has 5 aromatic rings. The van der Waals surface area contributed by atoms with E-state index >= 15 is 0 Å². The number of rotatable bonds is 7. The molecule has 2 atom stereocenters. The smallest absolute Gasteiger partial charge is 0.381 e. The van der Waals surface area contributed by atoms with Gasteiger partial charge < -0.3 is 15.4 Å². The maximum Gasteiger partial charge on any atom is 0.413 e. The number of anilines is 2. The quantitative estimate of drug-likeness (QED) is 0.199. The van der Waals surface area contributed by atoms with Gasteiger partial charge in [0.25, 0.3) is 0 Å². The number of hydrogen-bond acceptors (Lipinski definition) is 10. The van der Waals surface area contributed by atoms with Crippen LogP contribution in [0.3, 0.4) is 0 Å². The molecule has 2 aromatic carbocycles. The maximum atomic E-state index is 14.0. The van der Waals surface area contributed by atoms with E-state index in [-0.39, 0.29) is 35.6 Å². The SMILES string of the molecule is CC1(C)COCCC1Nc1c(C#N)cnc2c(C#N)cc(N[C@H](c3cn(C4(C(F)(F)F)CC4)nn3)c3cccc4ncsc34)cc12. The standard InChI is InChI=1S/C32H28F3N9OS/c1-30(2)16-45-9-6-25(30)41-27-19(13-37)14-38-26-18(12-36)10-20(11-22(26)27)40-28(21-4-3-5-23-29(21)46-17-39-23)24-15-44(43-42-24)31(7-8-31)32(33,34)35/h3-5,10-11,14-15,17,25,28,40H,6-9,16H2,1-2H3,(H,38,41)/t25?,28-/m0/s1. The monoisotopic (exact) mass is 643 g/mol. The molecule has 46 heavy (non-hydrogen) atoms. The normalized spacial score (nSPS) is 19.3. The lowest BCUT2D eigenvalue weighted by Crippen LogP contribution is -2.44. The molecule has 1 saturated heterocycles. The lowest BCUT2D eigenvalue weighted by atomic mass is 9.81. The summed E-state index contributed by atoms with van der Waals surface area (Å²) in [6.07, 6.45) is -1.06. The van der Waals surface area contributed by atoms with Crippen molar-refractivity contribution < 1.29 is 17.9 Å². The molecule has 4 heterocycles. The summed E-state index contributed by atoms with van der Waals surface area (Å²) in [7, 11) is 0. The fourth-order valence-corrected chi connectivity index (χ4v) is 7.01. The zero-order valence-electron chi connectivity index (χ0n) is 24.9. The van der Waals surface area contributed by atoms with Crippen molar-refractivity contribution in [3.63, 3.8) is 0 Å². The Hall–Kier alpha value is -4.79. The summed E-state index contributed by atoms with van der Waals surface area (Å²) in [6, 6.07) is 12.7. The van der Waals surface area contributed by atoms with Crippen molar-refractivity contribution >= 4 is 43.8 Å². The molecular formula is C32H28F3N9OS. The summed E-state index contributed by atoms with van der Waals surface area (Å²) >= 11 is 1.41. The number of nitrogens with zero attached hydrogens (tertiary/aromatic N) is 7. The van der Waals surface area contributed by atoms with Gasteiger partial charge in [-0.15, -0.1) is 16.4 Å². The number of nitrogens with one attached hydrogen (secondary N) is 2. The van der Waals surface area contributed by atoms with Gasteiger partial charge in [0.05, 0.1) is 56.9 Å². The third kappa shape index (κ3) is 4.98. The number of benzene rings is 2. The van der Waals surface area contributed by atoms with Gasteiger partial charge in [-0.1, -0.05) is 31.2 Å². The van der Waals surface area contributed by atoms with Gasteiger partial charge in [-0.05, 0) is 43.0 Å². The Morgan fingerprint density at radius 2 is 1.93 bits per heavy atom. The van der Waals surface area contributed by atoms with Crippen LogP contribution < -0.4 is 10.6 Å². The van der Waals surface area contributed by atoms with E-state index in [4.69, 9.17) is 4.74 Å². The Kier molecular flexibility index (Phi) is 7.10. The zero-order chi connectivity index (χ0) is 32.3. The van der Waals surface area contributed by atoms with Gasteiger partial charge in [0.15, 0.2) is 5.54 Å². The third-order valence-corrected chi connectivity index (χ3v) is 9.90. The van der Waals surface area contributed by atoms with Crippen LogP contribution in [-0.4, -0.2) is 50.4 Å². The highest BCUT2D eigenvalue weighted by Crippen LogP contribution is 2.55. The highest BCUT2D eigenvalue weighted by molar-refractivity contribution is 7.17. The third-order valence-electron chi connectivity index (χ3n) is 9.00. The minimum absolute atomic E-state index is 0.0174. The average molecular weight is 644 g/mol. The summed E-state index contributed by atoms with van der Waals surface area (Å²) < 4.78 is 49.4. The number of aromatic nitrogens is 5.